The standard InChI is InChI=1S/C68H119NSi4/c1-13-25-43-70(44-26-14-2,45-27-15-3)58-37-39-60-61(41-42-66(63(60)55-58)72(49-31-19-7,50-32-20-8)51-33-21-9)68-62-40-38-59(71(46-28-16-4,47-29-17-5)48-30-18-6)56-64(62)67(57-65(68)69)73(52-34-22-10,53-35-23-11)54-36-24-12/h37-42,55-57H,13-36,43-54,69H2,1-12H3. The minimum absolute atomic E-state index is 1.06. The summed E-state index contributed by atoms with van der Waals surface area (Å²) in [5, 5.41) is 13.4. The van der Waals surface area contributed by atoms with E-state index in [2.05, 4.69) is 138 Å². The van der Waals surface area contributed by atoms with Crippen LogP contribution in [-0.2, 0) is 0 Å². The highest BCUT2D eigenvalue weighted by molar-refractivity contribution is 6.95. The minimum Gasteiger partial charge on any atom is -0.398 e. The van der Waals surface area contributed by atoms with Crippen LogP contribution in [0.3, 0.4) is 0 Å². The molecule has 0 radical (unpaired) electrons. The van der Waals surface area contributed by atoms with Gasteiger partial charge in [-0.3, -0.25) is 0 Å². The Balaban J connectivity index is 2.34. The number of nitrogen functional groups attached to an aromatic ring is 1. The van der Waals surface area contributed by atoms with Crippen molar-refractivity contribution in [3.63, 3.8) is 0 Å². The fraction of sp³-hybridized carbons (Fsp3) is 0.706. The molecule has 0 aromatic heterocycles. The van der Waals surface area contributed by atoms with Crippen molar-refractivity contribution in [2.75, 3.05) is 5.73 Å². The molecule has 5 heteroatoms. The van der Waals surface area contributed by atoms with E-state index < -0.39 is 32.3 Å². The first-order valence-electron chi connectivity index (χ1n) is 32.5. The molecular weight excluding hydrogens is 943 g/mol. The second-order valence-corrected chi connectivity index (χ2v) is 42.9. The first kappa shape index (κ1) is 63.6. The Morgan fingerprint density at radius 1 is 0.274 bits per heavy atom. The van der Waals surface area contributed by atoms with Crippen LogP contribution in [0.1, 0.15) is 237 Å². The first-order chi connectivity index (χ1) is 35.5. The van der Waals surface area contributed by atoms with E-state index in [1.165, 1.54) is 249 Å². The van der Waals surface area contributed by atoms with Gasteiger partial charge in [-0.05, 0) is 38.4 Å². The zero-order valence-electron chi connectivity index (χ0n) is 50.7. The summed E-state index contributed by atoms with van der Waals surface area (Å²) in [6.45, 7) is 29.3. The van der Waals surface area contributed by atoms with Gasteiger partial charge in [0.15, 0.2) is 0 Å². The lowest BCUT2D eigenvalue weighted by atomic mass is 9.92. The summed E-state index contributed by atoms with van der Waals surface area (Å²) in [5.74, 6) is 0. The highest BCUT2D eigenvalue weighted by Crippen LogP contribution is 2.43. The highest BCUT2D eigenvalue weighted by atomic mass is 28.3. The van der Waals surface area contributed by atoms with Crippen molar-refractivity contribution in [2.24, 2.45) is 0 Å². The quantitative estimate of drug-likeness (QED) is 0.0348. The first-order valence-corrected chi connectivity index (χ1v) is 43.0. The molecule has 0 saturated carbocycles. The van der Waals surface area contributed by atoms with Crippen LogP contribution < -0.4 is 26.5 Å². The Kier molecular flexibility index (Phi) is 29.1. The van der Waals surface area contributed by atoms with E-state index in [-0.39, 0.29) is 0 Å². The maximum absolute atomic E-state index is 7.95. The van der Waals surface area contributed by atoms with Crippen molar-refractivity contribution < 1.29 is 0 Å². The van der Waals surface area contributed by atoms with Crippen LogP contribution in [0.2, 0.25) is 72.5 Å². The van der Waals surface area contributed by atoms with Crippen molar-refractivity contribution >= 4 is 80.3 Å². The van der Waals surface area contributed by atoms with Crippen molar-refractivity contribution in [3.8, 4) is 11.1 Å². The third-order valence-electron chi connectivity index (χ3n) is 18.9. The predicted octanol–water partition coefficient (Wildman–Crippen LogP) is 21.5. The maximum Gasteiger partial charge on any atom is 0.0876 e. The lowest BCUT2D eigenvalue weighted by molar-refractivity contribution is 0.800. The molecule has 0 bridgehead atoms. The molecule has 0 spiro atoms. The van der Waals surface area contributed by atoms with Gasteiger partial charge in [-0.2, -0.15) is 0 Å². The molecule has 0 atom stereocenters. The molecule has 4 aromatic rings. The van der Waals surface area contributed by atoms with Gasteiger partial charge in [0, 0.05) is 11.3 Å². The van der Waals surface area contributed by atoms with Crippen molar-refractivity contribution in [1.82, 2.24) is 0 Å². The number of fused-ring (bicyclic) bond motifs is 2. The van der Waals surface area contributed by atoms with Gasteiger partial charge in [-0.25, -0.2) is 0 Å². The summed E-state index contributed by atoms with van der Waals surface area (Å²) >= 11 is 0. The Morgan fingerprint density at radius 3 is 0.863 bits per heavy atom. The number of unbranched alkanes of at least 4 members (excludes halogenated alkanes) is 12. The smallest absolute Gasteiger partial charge is 0.0876 e. The lowest BCUT2D eigenvalue weighted by Gasteiger charge is -2.37. The summed E-state index contributed by atoms with van der Waals surface area (Å²) in [4.78, 5) is 0. The van der Waals surface area contributed by atoms with Gasteiger partial charge in [-0.1, -0.05) is 374 Å². The van der Waals surface area contributed by atoms with E-state index in [1.54, 1.807) is 26.3 Å². The number of benzene rings is 4. The Labute approximate surface area is 458 Å². The molecule has 0 fully saturated rings. The molecule has 0 unspecified atom stereocenters. The van der Waals surface area contributed by atoms with Crippen molar-refractivity contribution in [3.05, 3.63) is 54.6 Å². The molecule has 0 aliphatic carbocycles. The fourth-order valence-electron chi connectivity index (χ4n) is 14.2. The van der Waals surface area contributed by atoms with Gasteiger partial charge in [0.25, 0.3) is 0 Å². The third-order valence-corrected chi connectivity index (χ3v) is 40.9. The summed E-state index contributed by atoms with van der Waals surface area (Å²) in [6, 6.07) is 42.0. The molecule has 4 aromatic carbocycles. The number of hydrogen-bond acceptors (Lipinski definition) is 1. The van der Waals surface area contributed by atoms with Gasteiger partial charge in [0.2, 0.25) is 0 Å². The molecule has 2 N–H and O–H groups in total. The van der Waals surface area contributed by atoms with Gasteiger partial charge >= 0.3 is 0 Å². The third kappa shape index (κ3) is 16.3. The number of rotatable bonds is 41. The zero-order valence-corrected chi connectivity index (χ0v) is 54.7. The molecular formula is C68H119NSi4. The summed E-state index contributed by atoms with van der Waals surface area (Å²) in [7, 11) is -7.41. The van der Waals surface area contributed by atoms with Crippen LogP contribution in [0, 0.1) is 0 Å². The predicted molar refractivity (Wildman–Crippen MR) is 349 cm³/mol. The Bertz CT molecular complexity index is 2070. The molecule has 0 heterocycles. The Hall–Kier alpha value is -1.93. The average molecular weight is 1060 g/mol. The maximum atomic E-state index is 7.95. The molecule has 0 amide bonds. The monoisotopic (exact) mass is 1060 g/mol. The summed E-state index contributed by atoms with van der Waals surface area (Å²) in [5.41, 5.74) is 11.8. The van der Waals surface area contributed by atoms with E-state index in [1.807, 2.05) is 5.19 Å². The van der Waals surface area contributed by atoms with E-state index in [4.69, 9.17) is 5.73 Å². The van der Waals surface area contributed by atoms with E-state index in [9.17, 15) is 0 Å². The van der Waals surface area contributed by atoms with Gasteiger partial charge in [-0.15, -0.1) is 0 Å². The van der Waals surface area contributed by atoms with Crippen LogP contribution in [-0.4, -0.2) is 32.3 Å². The van der Waals surface area contributed by atoms with Gasteiger partial charge < -0.3 is 5.73 Å². The van der Waals surface area contributed by atoms with Crippen molar-refractivity contribution in [1.29, 1.82) is 0 Å². The van der Waals surface area contributed by atoms with Crippen LogP contribution >= 0.6 is 0 Å². The molecule has 0 aliphatic rings. The number of anilines is 1. The van der Waals surface area contributed by atoms with Crippen LogP contribution in [0.15, 0.2) is 54.6 Å². The molecule has 73 heavy (non-hydrogen) atoms. The number of hydrogen-bond donors (Lipinski definition) is 1. The SMILES string of the molecule is CCCC[Si](CCCC)(CCCC)c1ccc2c(-c3c(N)cc([Si](CCCC)(CCCC)CCCC)c4cc([Si](CCCC)(CCCC)CCCC)ccc34)ccc([Si](CCCC)(CCCC)CCCC)c2c1. The topological polar surface area (TPSA) is 26.0 Å². The normalized spacial score (nSPS) is 12.8. The van der Waals surface area contributed by atoms with E-state index >= 15 is 0 Å². The molecule has 412 valence electrons. The molecule has 0 aliphatic heterocycles. The van der Waals surface area contributed by atoms with Crippen LogP contribution in [0.5, 0.6) is 0 Å². The molecule has 1 nitrogen and oxygen atoms in total. The zero-order chi connectivity index (χ0) is 53.2. The van der Waals surface area contributed by atoms with E-state index in [0.717, 1.165) is 5.69 Å². The van der Waals surface area contributed by atoms with Crippen LogP contribution in [0.4, 0.5) is 5.69 Å². The molecule has 0 saturated heterocycles. The van der Waals surface area contributed by atoms with Gasteiger partial charge in [0.1, 0.15) is 0 Å². The average Bonchev–Trinajstić information content (AvgIpc) is 3.42. The summed E-state index contributed by atoms with van der Waals surface area (Å²) in [6.07, 6.45) is 32.0. The second-order valence-electron chi connectivity index (χ2n) is 24.4. The highest BCUT2D eigenvalue weighted by Gasteiger charge is 2.40. The van der Waals surface area contributed by atoms with Crippen LogP contribution in [0.25, 0.3) is 32.7 Å². The lowest BCUT2D eigenvalue weighted by Crippen LogP contribution is -2.50. The molecule has 4 rings (SSSR count). The fourth-order valence-corrected chi connectivity index (χ4v) is 37.2. The van der Waals surface area contributed by atoms with E-state index in [0.29, 0.717) is 0 Å². The Morgan fingerprint density at radius 2 is 0.548 bits per heavy atom. The minimum atomic E-state index is -1.96. The summed E-state index contributed by atoms with van der Waals surface area (Å²) < 4.78 is 0. The second kappa shape index (κ2) is 33.4. The van der Waals surface area contributed by atoms with Gasteiger partial charge in [0.05, 0.1) is 32.3 Å². The number of nitrogens with two attached hydrogens (primary N) is 1. The largest absolute Gasteiger partial charge is 0.398 e. The van der Waals surface area contributed by atoms with Crippen molar-refractivity contribution in [2.45, 2.75) is 310 Å².